The van der Waals surface area contributed by atoms with E-state index in [0.717, 1.165) is 44.0 Å². The maximum absolute atomic E-state index is 5.78. The van der Waals surface area contributed by atoms with Gasteiger partial charge in [-0.05, 0) is 38.0 Å². The van der Waals surface area contributed by atoms with Gasteiger partial charge in [-0.2, -0.15) is 0 Å². The van der Waals surface area contributed by atoms with Crippen LogP contribution in [-0.2, 0) is 11.3 Å². The lowest BCUT2D eigenvalue weighted by Gasteiger charge is -2.35. The number of morpholine rings is 1. The van der Waals surface area contributed by atoms with Gasteiger partial charge in [0, 0.05) is 26.2 Å². The standard InChI is InChI=1S/C16H26N2O2/c1-13-11-18(12-14(2)20-13)7-4-8-19-16-6-3-5-15(9-16)10-17/h3,5-6,9,13-14H,4,7-8,10-12,17H2,1-2H3/t13-,14+. The monoisotopic (exact) mass is 278 g/mol. The zero-order valence-corrected chi connectivity index (χ0v) is 12.5. The van der Waals surface area contributed by atoms with Gasteiger partial charge in [-0.1, -0.05) is 12.1 Å². The summed E-state index contributed by atoms with van der Waals surface area (Å²) in [5.41, 5.74) is 6.73. The Bertz CT molecular complexity index is 401. The highest BCUT2D eigenvalue weighted by Gasteiger charge is 2.21. The van der Waals surface area contributed by atoms with Crippen molar-refractivity contribution < 1.29 is 9.47 Å². The van der Waals surface area contributed by atoms with Crippen molar-refractivity contribution in [2.45, 2.75) is 39.0 Å². The molecule has 0 aromatic heterocycles. The number of benzene rings is 1. The summed E-state index contributed by atoms with van der Waals surface area (Å²) in [5.74, 6) is 0.914. The lowest BCUT2D eigenvalue weighted by Crippen LogP contribution is -2.45. The van der Waals surface area contributed by atoms with E-state index in [1.807, 2.05) is 24.3 Å². The van der Waals surface area contributed by atoms with Gasteiger partial charge in [-0.25, -0.2) is 0 Å². The van der Waals surface area contributed by atoms with E-state index >= 15 is 0 Å². The summed E-state index contributed by atoms with van der Waals surface area (Å²) >= 11 is 0. The molecule has 1 heterocycles. The first-order valence-corrected chi connectivity index (χ1v) is 7.47. The minimum absolute atomic E-state index is 0.334. The van der Waals surface area contributed by atoms with Gasteiger partial charge < -0.3 is 15.2 Å². The van der Waals surface area contributed by atoms with Crippen molar-refractivity contribution in [1.82, 2.24) is 4.90 Å². The average Bonchev–Trinajstić information content (AvgIpc) is 2.43. The van der Waals surface area contributed by atoms with Crippen LogP contribution in [0.4, 0.5) is 0 Å². The molecule has 0 saturated carbocycles. The lowest BCUT2D eigenvalue weighted by molar-refractivity contribution is -0.0686. The SMILES string of the molecule is C[C@@H]1CN(CCCOc2cccc(CN)c2)C[C@H](C)O1. The van der Waals surface area contributed by atoms with E-state index < -0.39 is 0 Å². The van der Waals surface area contributed by atoms with Crippen molar-refractivity contribution >= 4 is 0 Å². The Morgan fingerprint density at radius 2 is 2.05 bits per heavy atom. The van der Waals surface area contributed by atoms with Crippen LogP contribution in [0, 0.1) is 0 Å². The Morgan fingerprint density at radius 1 is 1.30 bits per heavy atom. The topological polar surface area (TPSA) is 47.7 Å². The summed E-state index contributed by atoms with van der Waals surface area (Å²) in [7, 11) is 0. The van der Waals surface area contributed by atoms with E-state index in [4.69, 9.17) is 15.2 Å². The number of nitrogens with two attached hydrogens (primary N) is 1. The molecule has 1 aliphatic rings. The molecule has 1 aliphatic heterocycles. The van der Waals surface area contributed by atoms with Gasteiger partial charge in [0.15, 0.2) is 0 Å². The highest BCUT2D eigenvalue weighted by atomic mass is 16.5. The number of hydrogen-bond donors (Lipinski definition) is 1. The molecule has 1 aromatic carbocycles. The normalized spacial score (nSPS) is 23.8. The first-order valence-electron chi connectivity index (χ1n) is 7.47. The van der Waals surface area contributed by atoms with Crippen molar-refractivity contribution in [1.29, 1.82) is 0 Å². The Balaban J connectivity index is 1.68. The van der Waals surface area contributed by atoms with E-state index in [-0.39, 0.29) is 0 Å². The van der Waals surface area contributed by atoms with Gasteiger partial charge in [-0.3, -0.25) is 4.90 Å². The first kappa shape index (κ1) is 15.3. The van der Waals surface area contributed by atoms with Gasteiger partial charge >= 0.3 is 0 Å². The second-order valence-corrected chi connectivity index (χ2v) is 5.57. The van der Waals surface area contributed by atoms with E-state index in [1.165, 1.54) is 0 Å². The van der Waals surface area contributed by atoms with Crippen molar-refractivity contribution in [2.24, 2.45) is 5.73 Å². The van der Waals surface area contributed by atoms with Crippen molar-refractivity contribution in [2.75, 3.05) is 26.2 Å². The first-order chi connectivity index (χ1) is 9.67. The molecular weight excluding hydrogens is 252 g/mol. The molecule has 4 heteroatoms. The zero-order chi connectivity index (χ0) is 14.4. The molecule has 0 amide bonds. The van der Waals surface area contributed by atoms with Crippen LogP contribution < -0.4 is 10.5 Å². The van der Waals surface area contributed by atoms with Gasteiger partial charge in [0.2, 0.25) is 0 Å². The van der Waals surface area contributed by atoms with Crippen LogP contribution in [0.3, 0.4) is 0 Å². The van der Waals surface area contributed by atoms with E-state index in [9.17, 15) is 0 Å². The molecule has 0 spiro atoms. The summed E-state index contributed by atoms with van der Waals surface area (Å²) in [5, 5.41) is 0. The van der Waals surface area contributed by atoms with Crippen LogP contribution in [-0.4, -0.2) is 43.3 Å². The minimum Gasteiger partial charge on any atom is -0.494 e. The quantitative estimate of drug-likeness (QED) is 0.809. The summed E-state index contributed by atoms with van der Waals surface area (Å²) in [4.78, 5) is 2.46. The van der Waals surface area contributed by atoms with Crippen LogP contribution in [0.5, 0.6) is 5.75 Å². The highest BCUT2D eigenvalue weighted by molar-refractivity contribution is 5.28. The van der Waals surface area contributed by atoms with Crippen molar-refractivity contribution in [3.05, 3.63) is 29.8 Å². The maximum atomic E-state index is 5.78. The highest BCUT2D eigenvalue weighted by Crippen LogP contribution is 2.14. The van der Waals surface area contributed by atoms with Crippen LogP contribution in [0.1, 0.15) is 25.8 Å². The molecule has 4 nitrogen and oxygen atoms in total. The number of ether oxygens (including phenoxy) is 2. The molecule has 2 atom stereocenters. The van der Waals surface area contributed by atoms with E-state index in [0.29, 0.717) is 18.8 Å². The molecule has 0 unspecified atom stereocenters. The summed E-state index contributed by atoms with van der Waals surface area (Å²) in [6.07, 6.45) is 1.70. The third-order valence-corrected chi connectivity index (χ3v) is 3.52. The number of rotatable bonds is 6. The number of hydrogen-bond acceptors (Lipinski definition) is 4. The average molecular weight is 278 g/mol. The van der Waals surface area contributed by atoms with Gasteiger partial charge in [0.1, 0.15) is 5.75 Å². The van der Waals surface area contributed by atoms with E-state index in [1.54, 1.807) is 0 Å². The zero-order valence-electron chi connectivity index (χ0n) is 12.5. The van der Waals surface area contributed by atoms with Crippen LogP contribution >= 0.6 is 0 Å². The van der Waals surface area contributed by atoms with Crippen LogP contribution in [0.25, 0.3) is 0 Å². The molecule has 1 fully saturated rings. The number of nitrogens with zero attached hydrogens (tertiary/aromatic N) is 1. The summed E-state index contributed by atoms with van der Waals surface area (Å²) < 4.78 is 11.5. The fraction of sp³-hybridized carbons (Fsp3) is 0.625. The predicted molar refractivity (Wildman–Crippen MR) is 80.9 cm³/mol. The largest absolute Gasteiger partial charge is 0.494 e. The Hall–Kier alpha value is -1.10. The fourth-order valence-corrected chi connectivity index (χ4v) is 2.71. The minimum atomic E-state index is 0.334. The smallest absolute Gasteiger partial charge is 0.119 e. The Kier molecular flexibility index (Phi) is 5.83. The van der Waals surface area contributed by atoms with Crippen molar-refractivity contribution in [3.8, 4) is 5.75 Å². The van der Waals surface area contributed by atoms with Gasteiger partial charge in [0.25, 0.3) is 0 Å². The molecule has 20 heavy (non-hydrogen) atoms. The van der Waals surface area contributed by atoms with Gasteiger partial charge in [0.05, 0.1) is 18.8 Å². The molecular formula is C16H26N2O2. The predicted octanol–water partition coefficient (Wildman–Crippen LogP) is 2.02. The Labute approximate surface area is 121 Å². The van der Waals surface area contributed by atoms with E-state index in [2.05, 4.69) is 18.7 Å². The summed E-state index contributed by atoms with van der Waals surface area (Å²) in [6, 6.07) is 8.00. The lowest BCUT2D eigenvalue weighted by atomic mass is 10.2. The maximum Gasteiger partial charge on any atom is 0.119 e. The molecule has 2 N–H and O–H groups in total. The molecule has 112 valence electrons. The van der Waals surface area contributed by atoms with Crippen LogP contribution in [0.15, 0.2) is 24.3 Å². The second-order valence-electron chi connectivity index (χ2n) is 5.57. The molecule has 0 bridgehead atoms. The Morgan fingerprint density at radius 3 is 2.75 bits per heavy atom. The van der Waals surface area contributed by atoms with Gasteiger partial charge in [-0.15, -0.1) is 0 Å². The third-order valence-electron chi connectivity index (χ3n) is 3.52. The third kappa shape index (κ3) is 4.78. The second kappa shape index (κ2) is 7.62. The summed E-state index contributed by atoms with van der Waals surface area (Å²) in [6.45, 7) is 8.68. The van der Waals surface area contributed by atoms with Crippen LogP contribution in [0.2, 0.25) is 0 Å². The molecule has 1 aromatic rings. The fourth-order valence-electron chi connectivity index (χ4n) is 2.71. The molecule has 2 rings (SSSR count). The molecule has 0 aliphatic carbocycles. The van der Waals surface area contributed by atoms with Crippen molar-refractivity contribution in [3.63, 3.8) is 0 Å². The molecule has 1 saturated heterocycles. The molecule has 0 radical (unpaired) electrons.